The maximum absolute atomic E-state index is 13.0. The van der Waals surface area contributed by atoms with Gasteiger partial charge in [-0.3, -0.25) is 9.59 Å². The number of hydrazone groups is 1. The molecule has 130 valence electrons. The van der Waals surface area contributed by atoms with Gasteiger partial charge in [0.25, 0.3) is 11.8 Å². The van der Waals surface area contributed by atoms with Gasteiger partial charge in [0, 0.05) is 22.2 Å². The fourth-order valence-corrected chi connectivity index (χ4v) is 5.64. The summed E-state index contributed by atoms with van der Waals surface area (Å²) >= 11 is 0. The zero-order valence-corrected chi connectivity index (χ0v) is 14.4. The zero-order chi connectivity index (χ0) is 17.6. The Bertz CT molecular complexity index is 997. The van der Waals surface area contributed by atoms with Gasteiger partial charge in [-0.25, -0.2) is 0 Å². The Morgan fingerprint density at radius 3 is 2.42 bits per heavy atom. The number of rotatable bonds is 2. The Kier molecular flexibility index (Phi) is 2.63. The molecule has 2 heterocycles. The summed E-state index contributed by atoms with van der Waals surface area (Å²) in [4.78, 5) is 29.2. The molecule has 5 nitrogen and oxygen atoms in total. The summed E-state index contributed by atoms with van der Waals surface area (Å²) in [5.41, 5.74) is 2.94. The third kappa shape index (κ3) is 1.68. The second-order valence-corrected chi connectivity index (χ2v) is 8.10. The van der Waals surface area contributed by atoms with Crippen molar-refractivity contribution < 1.29 is 9.59 Å². The van der Waals surface area contributed by atoms with Crippen molar-refractivity contribution in [1.82, 2.24) is 9.99 Å². The van der Waals surface area contributed by atoms with E-state index in [0.717, 1.165) is 27.2 Å². The van der Waals surface area contributed by atoms with Gasteiger partial charge in [0.2, 0.25) is 0 Å². The van der Waals surface area contributed by atoms with Crippen LogP contribution >= 0.6 is 0 Å². The van der Waals surface area contributed by atoms with Crippen LogP contribution in [0.15, 0.2) is 41.5 Å². The lowest BCUT2D eigenvalue weighted by atomic mass is 9.63. The maximum Gasteiger partial charge on any atom is 0.254 e. The zero-order valence-electron chi connectivity index (χ0n) is 14.4. The molecule has 0 unspecified atom stereocenters. The highest BCUT2D eigenvalue weighted by atomic mass is 16.2. The van der Waals surface area contributed by atoms with E-state index in [4.69, 9.17) is 0 Å². The van der Waals surface area contributed by atoms with Crippen molar-refractivity contribution in [2.24, 2.45) is 40.6 Å². The monoisotopic (exact) mass is 345 g/mol. The fraction of sp³-hybridized carbons (Fsp3) is 0.381. The minimum Gasteiger partial charge on any atom is -0.358 e. The van der Waals surface area contributed by atoms with Crippen molar-refractivity contribution in [2.45, 2.75) is 13.3 Å². The van der Waals surface area contributed by atoms with Gasteiger partial charge >= 0.3 is 0 Å². The molecule has 4 aliphatic carbocycles. The van der Waals surface area contributed by atoms with E-state index >= 15 is 0 Å². The van der Waals surface area contributed by atoms with Crippen LogP contribution in [0, 0.1) is 42.4 Å². The Morgan fingerprint density at radius 2 is 1.73 bits per heavy atom. The Morgan fingerprint density at radius 1 is 1.08 bits per heavy atom. The third-order valence-corrected chi connectivity index (χ3v) is 6.89. The second kappa shape index (κ2) is 4.72. The fourth-order valence-electron chi connectivity index (χ4n) is 5.64. The topological polar surface area (TPSA) is 65.5 Å². The van der Waals surface area contributed by atoms with E-state index in [1.54, 1.807) is 6.21 Å². The Hall–Kier alpha value is -2.69. The molecule has 1 aliphatic heterocycles. The van der Waals surface area contributed by atoms with Gasteiger partial charge in [0.1, 0.15) is 0 Å². The minimum atomic E-state index is -0.192. The standard InChI is InChI=1S/C21H19N3O2/c1-10-16(11-4-2-3-5-17(11)23-10)9-22-24-20(25)18-12-6-7-13(15-8-14(12)15)19(18)21(24)26/h2-7,9,12-15,18-19,23H,8H2,1H3/b22-9-/t12-,13-,14-,15-,18+,19+/m0/s1. The van der Waals surface area contributed by atoms with Crippen LogP contribution in [0.1, 0.15) is 17.7 Å². The lowest BCUT2D eigenvalue weighted by Crippen LogP contribution is -2.40. The number of fused-ring (bicyclic) bond motifs is 1. The molecule has 1 N–H and O–H groups in total. The third-order valence-electron chi connectivity index (χ3n) is 6.89. The number of hydrogen-bond donors (Lipinski definition) is 1. The van der Waals surface area contributed by atoms with E-state index in [-0.39, 0.29) is 35.5 Å². The lowest BCUT2D eigenvalue weighted by molar-refractivity contribution is -0.140. The van der Waals surface area contributed by atoms with E-state index in [1.807, 2.05) is 31.2 Å². The number of aryl methyl sites for hydroxylation is 1. The van der Waals surface area contributed by atoms with Crippen molar-refractivity contribution in [3.8, 4) is 0 Å². The summed E-state index contributed by atoms with van der Waals surface area (Å²) < 4.78 is 0. The van der Waals surface area contributed by atoms with Gasteiger partial charge in [-0.05, 0) is 43.1 Å². The lowest BCUT2D eigenvalue weighted by Gasteiger charge is -2.37. The molecule has 0 spiro atoms. The van der Waals surface area contributed by atoms with Crippen LogP contribution in [0.4, 0.5) is 0 Å². The molecule has 1 saturated heterocycles. The molecule has 5 aliphatic rings. The van der Waals surface area contributed by atoms with Gasteiger partial charge < -0.3 is 4.98 Å². The van der Waals surface area contributed by atoms with Gasteiger partial charge in [-0.2, -0.15) is 10.1 Å². The number of carbonyl (C=O) groups excluding carboxylic acids is 2. The highest BCUT2D eigenvalue weighted by molar-refractivity contribution is 6.07. The molecule has 7 rings (SSSR count). The predicted octanol–water partition coefficient (Wildman–Crippen LogP) is 2.86. The SMILES string of the molecule is Cc1[nH]c2ccccc2c1/C=N\N1C(=O)[C@@H]2[C@H]3C=C[C@@H]([C@@H]4C[C@@H]34)[C@H]2C1=O. The molecule has 1 aromatic carbocycles. The van der Waals surface area contributed by atoms with Gasteiger partial charge in [-0.1, -0.05) is 30.4 Å². The van der Waals surface area contributed by atoms with Gasteiger partial charge in [0.15, 0.2) is 0 Å². The second-order valence-electron chi connectivity index (χ2n) is 8.10. The van der Waals surface area contributed by atoms with Crippen molar-refractivity contribution in [2.75, 3.05) is 0 Å². The van der Waals surface area contributed by atoms with E-state index in [1.165, 1.54) is 6.42 Å². The molecule has 2 bridgehead atoms. The molecule has 5 heteroatoms. The van der Waals surface area contributed by atoms with Crippen LogP contribution in [0.2, 0.25) is 0 Å². The molecule has 6 atom stereocenters. The number of aromatic nitrogens is 1. The van der Waals surface area contributed by atoms with Crippen LogP contribution in [0.25, 0.3) is 10.9 Å². The molecule has 1 aromatic heterocycles. The van der Waals surface area contributed by atoms with Crippen molar-refractivity contribution >= 4 is 28.9 Å². The summed E-state index contributed by atoms with van der Waals surface area (Å²) in [6.45, 7) is 1.98. The maximum atomic E-state index is 13.0. The molecule has 0 radical (unpaired) electrons. The molecule has 2 saturated carbocycles. The van der Waals surface area contributed by atoms with Gasteiger partial charge in [0.05, 0.1) is 18.1 Å². The number of allylic oxidation sites excluding steroid dienone is 2. The number of hydrogen-bond acceptors (Lipinski definition) is 3. The van der Waals surface area contributed by atoms with E-state index in [0.29, 0.717) is 11.8 Å². The van der Waals surface area contributed by atoms with Crippen LogP contribution in [-0.2, 0) is 9.59 Å². The summed E-state index contributed by atoms with van der Waals surface area (Å²) in [7, 11) is 0. The summed E-state index contributed by atoms with van der Waals surface area (Å²) in [6, 6.07) is 7.98. The molecular formula is C21H19N3O2. The summed E-state index contributed by atoms with van der Waals surface area (Å²) in [6.07, 6.45) is 7.20. The van der Waals surface area contributed by atoms with Gasteiger partial charge in [-0.15, -0.1) is 0 Å². The van der Waals surface area contributed by atoms with Crippen LogP contribution < -0.4 is 0 Å². The number of nitrogens with one attached hydrogen (secondary N) is 1. The molecule has 26 heavy (non-hydrogen) atoms. The minimum absolute atomic E-state index is 0.113. The van der Waals surface area contributed by atoms with Crippen molar-refractivity contribution in [1.29, 1.82) is 0 Å². The summed E-state index contributed by atoms with van der Waals surface area (Å²) in [5, 5.41) is 6.56. The number of benzene rings is 1. The number of nitrogens with zero attached hydrogens (tertiary/aromatic N) is 2. The number of aromatic amines is 1. The highest BCUT2D eigenvalue weighted by Gasteiger charge is 2.67. The first kappa shape index (κ1) is 14.5. The number of H-pyrrole nitrogens is 1. The molecule has 3 fully saturated rings. The van der Waals surface area contributed by atoms with Crippen LogP contribution in [-0.4, -0.2) is 28.0 Å². The first-order chi connectivity index (χ1) is 12.6. The average molecular weight is 345 g/mol. The van der Waals surface area contributed by atoms with Crippen LogP contribution in [0.3, 0.4) is 0 Å². The Labute approximate surface area is 150 Å². The highest BCUT2D eigenvalue weighted by Crippen LogP contribution is 2.65. The smallest absolute Gasteiger partial charge is 0.254 e. The normalized spacial score (nSPS) is 37.0. The quantitative estimate of drug-likeness (QED) is 0.517. The van der Waals surface area contributed by atoms with Crippen molar-refractivity contribution in [3.63, 3.8) is 0 Å². The number of carbonyl (C=O) groups is 2. The van der Waals surface area contributed by atoms with E-state index < -0.39 is 0 Å². The first-order valence-corrected chi connectivity index (χ1v) is 9.32. The number of para-hydroxylation sites is 1. The van der Waals surface area contributed by atoms with E-state index in [9.17, 15) is 9.59 Å². The molecule has 2 amide bonds. The summed E-state index contributed by atoms with van der Waals surface area (Å²) in [5.74, 6) is 1.09. The molecular weight excluding hydrogens is 326 g/mol. The largest absolute Gasteiger partial charge is 0.358 e. The average Bonchev–Trinajstić information content (AvgIpc) is 3.36. The van der Waals surface area contributed by atoms with Crippen molar-refractivity contribution in [3.05, 3.63) is 47.7 Å². The first-order valence-electron chi connectivity index (χ1n) is 9.32. The molecule has 2 aromatic rings. The Balaban J connectivity index is 1.36. The number of amides is 2. The number of imide groups is 1. The predicted molar refractivity (Wildman–Crippen MR) is 97.2 cm³/mol. The van der Waals surface area contributed by atoms with Crippen LogP contribution in [0.5, 0.6) is 0 Å². The van der Waals surface area contributed by atoms with E-state index in [2.05, 4.69) is 22.2 Å².